The number of carbonyl (C=O) groups excluding carboxylic acids is 1. The van der Waals surface area contributed by atoms with Crippen LogP contribution < -0.4 is 10.5 Å². The Hall–Kier alpha value is -2.22. The van der Waals surface area contributed by atoms with E-state index in [0.29, 0.717) is 0 Å². The van der Waals surface area contributed by atoms with Gasteiger partial charge < -0.3 is 15.2 Å². The highest BCUT2D eigenvalue weighted by Gasteiger charge is 2.17. The van der Waals surface area contributed by atoms with Gasteiger partial charge in [0.2, 0.25) is 0 Å². The van der Waals surface area contributed by atoms with Crippen LogP contribution in [0.5, 0.6) is 5.75 Å². The highest BCUT2D eigenvalue weighted by Crippen LogP contribution is 2.25. The first-order valence-electron chi connectivity index (χ1n) is 4.63. The fourth-order valence-corrected chi connectivity index (χ4v) is 1.18. The number of benzene rings is 1. The number of nitrogen functional groups attached to an aromatic ring is 1. The monoisotopic (exact) mass is 220 g/mol. The third kappa shape index (κ3) is 2.42. The lowest BCUT2D eigenvalue weighted by Gasteiger charge is -2.12. The van der Waals surface area contributed by atoms with E-state index in [0.717, 1.165) is 0 Å². The van der Waals surface area contributed by atoms with E-state index in [1.807, 2.05) is 6.07 Å². The van der Waals surface area contributed by atoms with Crippen LogP contribution in [0.15, 0.2) is 18.2 Å². The minimum absolute atomic E-state index is 0.145. The summed E-state index contributed by atoms with van der Waals surface area (Å²) in [7, 11) is 1.26. The van der Waals surface area contributed by atoms with Gasteiger partial charge in [-0.15, -0.1) is 0 Å². The van der Waals surface area contributed by atoms with Crippen molar-refractivity contribution in [3.05, 3.63) is 23.8 Å². The van der Waals surface area contributed by atoms with E-state index in [9.17, 15) is 4.79 Å². The van der Waals surface area contributed by atoms with Crippen molar-refractivity contribution in [3.8, 4) is 11.8 Å². The van der Waals surface area contributed by atoms with Crippen molar-refractivity contribution < 1.29 is 14.3 Å². The largest absolute Gasteiger partial charge is 0.475 e. The number of anilines is 1. The summed E-state index contributed by atoms with van der Waals surface area (Å²) >= 11 is 0. The van der Waals surface area contributed by atoms with Crippen LogP contribution in [0.3, 0.4) is 0 Å². The zero-order valence-electron chi connectivity index (χ0n) is 9.06. The van der Waals surface area contributed by atoms with Crippen molar-refractivity contribution in [3.63, 3.8) is 0 Å². The quantitative estimate of drug-likeness (QED) is 0.613. The number of rotatable bonds is 3. The number of hydrogen-bond acceptors (Lipinski definition) is 5. The molecule has 1 atom stereocenters. The molecular formula is C11H12N2O3. The first-order valence-corrected chi connectivity index (χ1v) is 4.63. The fraction of sp³-hybridized carbons (Fsp3) is 0.273. The van der Waals surface area contributed by atoms with Crippen LogP contribution in [0.25, 0.3) is 0 Å². The molecule has 5 nitrogen and oxygen atoms in total. The number of carbonyl (C=O) groups is 1. The third-order valence-electron chi connectivity index (χ3n) is 1.93. The van der Waals surface area contributed by atoms with Crippen LogP contribution in [0.1, 0.15) is 17.3 Å². The number of hydrogen-bond donors (Lipinski definition) is 1. The average molecular weight is 220 g/mol. The van der Waals surface area contributed by atoms with Gasteiger partial charge in [0.25, 0.3) is 0 Å². The Balaban J connectivity index is 3.14. The van der Waals surface area contributed by atoms with Crippen LogP contribution in [-0.2, 0) is 4.74 Å². The van der Waals surface area contributed by atoms with Gasteiger partial charge in [-0.3, -0.25) is 0 Å². The van der Waals surface area contributed by atoms with Crippen LogP contribution >= 0.6 is 0 Å². The number of esters is 1. The summed E-state index contributed by atoms with van der Waals surface area (Å²) in [5.41, 5.74) is 6.06. The van der Waals surface area contributed by atoms with Gasteiger partial charge in [0.05, 0.1) is 7.11 Å². The maximum atomic E-state index is 11.5. The predicted molar refractivity (Wildman–Crippen MR) is 57.9 cm³/mol. The smallest absolute Gasteiger partial charge is 0.343 e. The molecule has 1 aromatic rings. The van der Waals surface area contributed by atoms with Crippen molar-refractivity contribution in [1.82, 2.24) is 0 Å². The van der Waals surface area contributed by atoms with Crippen molar-refractivity contribution in [2.45, 2.75) is 13.0 Å². The van der Waals surface area contributed by atoms with E-state index >= 15 is 0 Å². The van der Waals surface area contributed by atoms with E-state index in [-0.39, 0.29) is 17.0 Å². The summed E-state index contributed by atoms with van der Waals surface area (Å²) in [5.74, 6) is -0.334. The number of nitrogens with two attached hydrogens (primary N) is 1. The first kappa shape index (κ1) is 11.9. The standard InChI is InChI=1S/C11H12N2O3/c1-7(6-12)16-9-5-3-4-8(13)10(9)11(14)15-2/h3-5,7H,13H2,1-2H3. The molecule has 0 fully saturated rings. The second-order valence-electron chi connectivity index (χ2n) is 3.10. The lowest BCUT2D eigenvalue weighted by Crippen LogP contribution is -2.14. The topological polar surface area (TPSA) is 85.3 Å². The van der Waals surface area contributed by atoms with Crippen LogP contribution in [0, 0.1) is 11.3 Å². The highest BCUT2D eigenvalue weighted by molar-refractivity contribution is 5.98. The molecule has 0 aliphatic rings. The zero-order valence-corrected chi connectivity index (χ0v) is 9.06. The predicted octanol–water partition coefficient (Wildman–Crippen LogP) is 1.35. The highest BCUT2D eigenvalue weighted by atomic mass is 16.5. The van der Waals surface area contributed by atoms with Crippen LogP contribution in [0.2, 0.25) is 0 Å². The Labute approximate surface area is 93.4 Å². The zero-order chi connectivity index (χ0) is 12.1. The summed E-state index contributed by atoms with van der Waals surface area (Å²) in [5, 5.41) is 8.63. The van der Waals surface area contributed by atoms with E-state index in [1.54, 1.807) is 25.1 Å². The first-order chi connectivity index (χ1) is 7.60. The second-order valence-corrected chi connectivity index (χ2v) is 3.10. The summed E-state index contributed by atoms with van der Waals surface area (Å²) in [6.45, 7) is 1.57. The van der Waals surface area contributed by atoms with Gasteiger partial charge >= 0.3 is 5.97 Å². The Morgan fingerprint density at radius 3 is 2.81 bits per heavy atom. The molecule has 0 bridgehead atoms. The van der Waals surface area contributed by atoms with E-state index in [4.69, 9.17) is 15.7 Å². The third-order valence-corrected chi connectivity index (χ3v) is 1.93. The van der Waals surface area contributed by atoms with Crippen molar-refractivity contribution >= 4 is 11.7 Å². The van der Waals surface area contributed by atoms with Crippen LogP contribution in [0.4, 0.5) is 5.69 Å². The molecule has 16 heavy (non-hydrogen) atoms. The molecule has 1 aromatic carbocycles. The number of nitrogens with zero attached hydrogens (tertiary/aromatic N) is 1. The summed E-state index contributed by atoms with van der Waals surface area (Å²) in [4.78, 5) is 11.5. The molecular weight excluding hydrogens is 208 g/mol. The Morgan fingerprint density at radius 1 is 1.56 bits per heavy atom. The van der Waals surface area contributed by atoms with Gasteiger partial charge in [-0.25, -0.2) is 4.79 Å². The molecule has 0 aliphatic carbocycles. The minimum Gasteiger partial charge on any atom is -0.475 e. The van der Waals surface area contributed by atoms with E-state index < -0.39 is 12.1 Å². The van der Waals surface area contributed by atoms with Crippen molar-refractivity contribution in [2.75, 3.05) is 12.8 Å². The van der Waals surface area contributed by atoms with Crippen molar-refractivity contribution in [2.24, 2.45) is 0 Å². The molecule has 0 amide bonds. The molecule has 5 heteroatoms. The molecule has 0 spiro atoms. The SMILES string of the molecule is COC(=O)c1c(N)cccc1OC(C)C#N. The van der Waals surface area contributed by atoms with E-state index in [1.165, 1.54) is 7.11 Å². The van der Waals surface area contributed by atoms with Crippen LogP contribution in [-0.4, -0.2) is 19.2 Å². The number of ether oxygens (including phenoxy) is 2. The normalized spacial score (nSPS) is 11.3. The Bertz CT molecular complexity index is 437. The molecule has 1 rings (SSSR count). The Kier molecular flexibility index (Phi) is 3.72. The molecule has 2 N–H and O–H groups in total. The molecule has 0 aliphatic heterocycles. The lowest BCUT2D eigenvalue weighted by molar-refractivity contribution is 0.0596. The van der Waals surface area contributed by atoms with Gasteiger partial charge in [-0.05, 0) is 19.1 Å². The number of methoxy groups -OCH3 is 1. The maximum absolute atomic E-state index is 11.5. The fourth-order valence-electron chi connectivity index (χ4n) is 1.18. The molecule has 0 heterocycles. The second kappa shape index (κ2) is 5.03. The molecule has 0 saturated carbocycles. The van der Waals surface area contributed by atoms with Gasteiger partial charge in [-0.2, -0.15) is 5.26 Å². The average Bonchev–Trinajstić information content (AvgIpc) is 2.28. The molecule has 0 saturated heterocycles. The summed E-state index contributed by atoms with van der Waals surface area (Å²) < 4.78 is 9.85. The summed E-state index contributed by atoms with van der Waals surface area (Å²) in [6, 6.07) is 6.67. The molecule has 1 unspecified atom stereocenters. The van der Waals surface area contributed by atoms with Gasteiger partial charge in [0.15, 0.2) is 6.10 Å². The summed E-state index contributed by atoms with van der Waals surface area (Å²) in [6.07, 6.45) is -0.662. The van der Waals surface area contributed by atoms with Gasteiger partial charge in [-0.1, -0.05) is 6.07 Å². The molecule has 84 valence electrons. The number of nitriles is 1. The maximum Gasteiger partial charge on any atom is 0.343 e. The lowest BCUT2D eigenvalue weighted by atomic mass is 10.1. The van der Waals surface area contributed by atoms with Gasteiger partial charge in [0, 0.05) is 5.69 Å². The Morgan fingerprint density at radius 2 is 2.25 bits per heavy atom. The van der Waals surface area contributed by atoms with E-state index in [2.05, 4.69) is 4.74 Å². The van der Waals surface area contributed by atoms with Gasteiger partial charge in [0.1, 0.15) is 17.4 Å². The molecule has 0 aromatic heterocycles. The van der Waals surface area contributed by atoms with Crippen molar-refractivity contribution in [1.29, 1.82) is 5.26 Å². The molecule has 0 radical (unpaired) electrons. The minimum atomic E-state index is -0.662.